The summed E-state index contributed by atoms with van der Waals surface area (Å²) in [4.78, 5) is 2.03. The van der Waals surface area contributed by atoms with Crippen LogP contribution in [0.15, 0.2) is 0 Å². The van der Waals surface area contributed by atoms with E-state index in [-0.39, 0.29) is 6.04 Å². The Morgan fingerprint density at radius 1 is 1.31 bits per heavy atom. The summed E-state index contributed by atoms with van der Waals surface area (Å²) in [7, 11) is 0.843. The molecule has 5 heteroatoms. The van der Waals surface area contributed by atoms with Gasteiger partial charge in [-0.15, -0.1) is 0 Å². The van der Waals surface area contributed by atoms with Crippen LogP contribution in [0.1, 0.15) is 13.8 Å². The van der Waals surface area contributed by atoms with Gasteiger partial charge in [-0.05, 0) is 20.0 Å². The third-order valence-corrected chi connectivity index (χ3v) is 2.68. The van der Waals surface area contributed by atoms with Gasteiger partial charge in [0.1, 0.15) is 0 Å². The van der Waals surface area contributed by atoms with E-state index in [0.717, 1.165) is 0 Å². The lowest BCUT2D eigenvalue weighted by Gasteiger charge is -2.27. The lowest BCUT2D eigenvalue weighted by atomic mass is 10.0. The van der Waals surface area contributed by atoms with Crippen molar-refractivity contribution in [3.8, 4) is 0 Å². The predicted molar refractivity (Wildman–Crippen MR) is 55.2 cm³/mol. The van der Waals surface area contributed by atoms with Gasteiger partial charge in [0.05, 0.1) is 6.26 Å². The summed E-state index contributed by atoms with van der Waals surface area (Å²) in [5.74, 6) is 0.434. The van der Waals surface area contributed by atoms with Crippen molar-refractivity contribution in [1.29, 1.82) is 0 Å². The summed E-state index contributed by atoms with van der Waals surface area (Å²) in [6, 6.07) is 0.245. The van der Waals surface area contributed by atoms with Crippen LogP contribution in [-0.2, 0) is 10.0 Å². The largest absolute Gasteiger partial charge is 0.305 e. The second kappa shape index (κ2) is 4.93. The van der Waals surface area contributed by atoms with Crippen molar-refractivity contribution >= 4 is 10.0 Å². The molecular weight excluding hydrogens is 188 g/mol. The van der Waals surface area contributed by atoms with Crippen LogP contribution in [0.25, 0.3) is 0 Å². The third-order valence-electron chi connectivity index (χ3n) is 1.99. The van der Waals surface area contributed by atoms with E-state index in [1.807, 2.05) is 19.0 Å². The minimum absolute atomic E-state index is 0.245. The second-order valence-electron chi connectivity index (χ2n) is 3.90. The Hall–Kier alpha value is -0.130. The highest BCUT2D eigenvalue weighted by Crippen LogP contribution is 2.05. The van der Waals surface area contributed by atoms with Crippen LogP contribution in [0.5, 0.6) is 0 Å². The Bertz CT molecular complexity index is 227. The molecule has 0 amide bonds. The van der Waals surface area contributed by atoms with Crippen molar-refractivity contribution in [2.24, 2.45) is 5.92 Å². The summed E-state index contributed by atoms with van der Waals surface area (Å²) in [5.41, 5.74) is 0. The molecule has 0 saturated heterocycles. The summed E-state index contributed by atoms with van der Waals surface area (Å²) >= 11 is 0. The van der Waals surface area contributed by atoms with Crippen LogP contribution in [0.2, 0.25) is 0 Å². The smallest absolute Gasteiger partial charge is 0.208 e. The maximum Gasteiger partial charge on any atom is 0.208 e. The molecule has 0 aromatic heterocycles. The fourth-order valence-corrected chi connectivity index (χ4v) is 1.72. The first kappa shape index (κ1) is 12.9. The van der Waals surface area contributed by atoms with E-state index in [2.05, 4.69) is 18.6 Å². The first-order valence-corrected chi connectivity index (χ1v) is 6.24. The maximum atomic E-state index is 10.9. The number of hydrogen-bond donors (Lipinski definition) is 1. The molecule has 0 bridgehead atoms. The molecule has 0 radical (unpaired) electrons. The SMILES string of the molecule is CC(C)C(CNS(C)(=O)=O)N(C)C. The van der Waals surface area contributed by atoms with Crippen LogP contribution in [0.3, 0.4) is 0 Å². The zero-order chi connectivity index (χ0) is 10.6. The molecule has 0 aliphatic rings. The van der Waals surface area contributed by atoms with E-state index in [1.54, 1.807) is 0 Å². The van der Waals surface area contributed by atoms with Crippen molar-refractivity contribution in [3.63, 3.8) is 0 Å². The first-order chi connectivity index (χ1) is 5.74. The minimum Gasteiger partial charge on any atom is -0.305 e. The van der Waals surface area contributed by atoms with Crippen LogP contribution in [0, 0.1) is 5.92 Å². The van der Waals surface area contributed by atoms with Gasteiger partial charge in [0.25, 0.3) is 0 Å². The van der Waals surface area contributed by atoms with Crippen LogP contribution in [0.4, 0.5) is 0 Å². The Morgan fingerprint density at radius 2 is 1.77 bits per heavy atom. The molecule has 0 aromatic rings. The summed E-state index contributed by atoms with van der Waals surface area (Å²) in [6.45, 7) is 4.63. The van der Waals surface area contributed by atoms with Gasteiger partial charge in [-0.3, -0.25) is 0 Å². The van der Waals surface area contributed by atoms with Gasteiger partial charge in [-0.2, -0.15) is 0 Å². The van der Waals surface area contributed by atoms with Crippen molar-refractivity contribution in [2.45, 2.75) is 19.9 Å². The minimum atomic E-state index is -3.06. The van der Waals surface area contributed by atoms with Gasteiger partial charge in [0.2, 0.25) is 10.0 Å². The monoisotopic (exact) mass is 208 g/mol. The predicted octanol–water partition coefficient (Wildman–Crippen LogP) is 0.122. The summed E-state index contributed by atoms with van der Waals surface area (Å²) < 4.78 is 24.2. The van der Waals surface area contributed by atoms with Gasteiger partial charge in [0, 0.05) is 12.6 Å². The lowest BCUT2D eigenvalue weighted by Crippen LogP contribution is -2.43. The Balaban J connectivity index is 4.13. The normalized spacial score (nSPS) is 15.3. The standard InChI is InChI=1S/C8H20N2O2S/c1-7(2)8(10(3)4)6-9-13(5,11)12/h7-9H,6H2,1-5H3. The van der Waals surface area contributed by atoms with Crippen LogP contribution >= 0.6 is 0 Å². The molecule has 1 N–H and O–H groups in total. The molecule has 4 nitrogen and oxygen atoms in total. The maximum absolute atomic E-state index is 10.9. The fourth-order valence-electron chi connectivity index (χ4n) is 1.25. The van der Waals surface area contributed by atoms with Gasteiger partial charge in [-0.1, -0.05) is 13.8 Å². The Morgan fingerprint density at radius 3 is 2.00 bits per heavy atom. The van der Waals surface area contributed by atoms with E-state index in [4.69, 9.17) is 0 Å². The molecule has 0 spiro atoms. The molecule has 1 unspecified atom stereocenters. The molecule has 0 saturated carbocycles. The number of nitrogens with zero attached hydrogens (tertiary/aromatic N) is 1. The number of rotatable bonds is 5. The van der Waals surface area contributed by atoms with Gasteiger partial charge < -0.3 is 4.90 Å². The van der Waals surface area contributed by atoms with E-state index >= 15 is 0 Å². The average molecular weight is 208 g/mol. The van der Waals surface area contributed by atoms with Crippen molar-refractivity contribution < 1.29 is 8.42 Å². The lowest BCUT2D eigenvalue weighted by molar-refractivity contribution is 0.233. The number of sulfonamides is 1. The molecule has 0 heterocycles. The topological polar surface area (TPSA) is 49.4 Å². The molecule has 1 atom stereocenters. The average Bonchev–Trinajstić information content (AvgIpc) is 1.82. The number of nitrogens with one attached hydrogen (secondary N) is 1. The quantitative estimate of drug-likeness (QED) is 0.698. The summed E-state index contributed by atoms with van der Waals surface area (Å²) in [6.07, 6.45) is 1.18. The molecule has 80 valence electrons. The van der Waals surface area contributed by atoms with E-state index in [0.29, 0.717) is 12.5 Å². The van der Waals surface area contributed by atoms with E-state index < -0.39 is 10.0 Å². The molecule has 0 aromatic carbocycles. The zero-order valence-corrected chi connectivity index (χ0v) is 9.85. The number of hydrogen-bond acceptors (Lipinski definition) is 3. The highest BCUT2D eigenvalue weighted by atomic mass is 32.2. The molecule has 0 fully saturated rings. The molecule has 0 rings (SSSR count). The Kier molecular flexibility index (Phi) is 4.88. The van der Waals surface area contributed by atoms with E-state index in [1.165, 1.54) is 6.26 Å². The third kappa shape index (κ3) is 6.01. The summed E-state index contributed by atoms with van der Waals surface area (Å²) in [5, 5.41) is 0. The molecule has 0 aliphatic carbocycles. The van der Waals surface area contributed by atoms with Gasteiger partial charge in [0.15, 0.2) is 0 Å². The second-order valence-corrected chi connectivity index (χ2v) is 5.73. The molecule has 0 aliphatic heterocycles. The zero-order valence-electron chi connectivity index (χ0n) is 9.03. The Labute approximate surface area is 81.4 Å². The highest BCUT2D eigenvalue weighted by Gasteiger charge is 2.16. The van der Waals surface area contributed by atoms with Crippen molar-refractivity contribution in [2.75, 3.05) is 26.9 Å². The van der Waals surface area contributed by atoms with Crippen LogP contribution in [-0.4, -0.2) is 46.3 Å². The molecular formula is C8H20N2O2S. The van der Waals surface area contributed by atoms with Gasteiger partial charge >= 0.3 is 0 Å². The highest BCUT2D eigenvalue weighted by molar-refractivity contribution is 7.88. The molecule has 13 heavy (non-hydrogen) atoms. The van der Waals surface area contributed by atoms with Crippen LogP contribution < -0.4 is 4.72 Å². The fraction of sp³-hybridized carbons (Fsp3) is 1.00. The number of likely N-dealkylation sites (N-methyl/N-ethyl adjacent to an activating group) is 1. The van der Waals surface area contributed by atoms with E-state index in [9.17, 15) is 8.42 Å². The van der Waals surface area contributed by atoms with Gasteiger partial charge in [-0.25, -0.2) is 13.1 Å². The van der Waals surface area contributed by atoms with Crippen molar-refractivity contribution in [1.82, 2.24) is 9.62 Å². The first-order valence-electron chi connectivity index (χ1n) is 4.35. The van der Waals surface area contributed by atoms with Crippen molar-refractivity contribution in [3.05, 3.63) is 0 Å².